The summed E-state index contributed by atoms with van der Waals surface area (Å²) in [6.45, 7) is 2.32. The number of aliphatic carboxylic acids is 1. The van der Waals surface area contributed by atoms with Gasteiger partial charge in [-0.1, -0.05) is 13.3 Å². The number of hydrogen-bond acceptors (Lipinski definition) is 7. The molecule has 0 spiro atoms. The van der Waals surface area contributed by atoms with Crippen LogP contribution in [0.1, 0.15) is 33.1 Å². The van der Waals surface area contributed by atoms with E-state index < -0.39 is 54.6 Å². The van der Waals surface area contributed by atoms with Crippen LogP contribution in [0.4, 0.5) is 0 Å². The highest BCUT2D eigenvalue weighted by Gasteiger charge is 2.43. The highest BCUT2D eigenvalue weighted by molar-refractivity contribution is 5.85. The largest absolute Gasteiger partial charge is 0.478 e. The summed E-state index contributed by atoms with van der Waals surface area (Å²) < 4.78 is 5.21. The molecule has 2 amide bonds. The summed E-state index contributed by atoms with van der Waals surface area (Å²) in [6.07, 6.45) is -1.96. The summed E-state index contributed by atoms with van der Waals surface area (Å²) in [5.74, 6) is -2.84. The van der Waals surface area contributed by atoms with Gasteiger partial charge >= 0.3 is 5.97 Å². The Morgan fingerprint density at radius 3 is 2.42 bits per heavy atom. The molecule has 148 valence electrons. The third-order valence-corrected chi connectivity index (χ3v) is 3.92. The predicted octanol–water partition coefficient (Wildman–Crippen LogP) is -1.75. The van der Waals surface area contributed by atoms with Crippen LogP contribution in [0.15, 0.2) is 11.8 Å². The zero-order valence-electron chi connectivity index (χ0n) is 14.7. The monoisotopic (exact) mass is 374 g/mol. The van der Waals surface area contributed by atoms with Crippen LogP contribution in [-0.2, 0) is 19.1 Å². The molecule has 10 nitrogen and oxygen atoms in total. The number of carboxylic acid groups (broad SMARTS) is 1. The Morgan fingerprint density at radius 2 is 1.92 bits per heavy atom. The van der Waals surface area contributed by atoms with Crippen molar-refractivity contribution in [1.29, 1.82) is 0 Å². The van der Waals surface area contributed by atoms with Crippen molar-refractivity contribution in [3.8, 4) is 0 Å². The molecule has 1 rings (SSSR count). The number of carbonyl (C=O) groups is 3. The summed E-state index contributed by atoms with van der Waals surface area (Å²) in [6, 6.07) is -2.02. The lowest BCUT2D eigenvalue weighted by Gasteiger charge is -2.40. The summed E-state index contributed by atoms with van der Waals surface area (Å²) in [7, 11) is 0. The van der Waals surface area contributed by atoms with Crippen LogP contribution < -0.4 is 10.6 Å². The number of amides is 2. The lowest BCUT2D eigenvalue weighted by atomic mass is 9.91. The van der Waals surface area contributed by atoms with Gasteiger partial charge in [-0.05, 0) is 12.5 Å². The van der Waals surface area contributed by atoms with E-state index in [1.54, 1.807) is 0 Å². The quantitative estimate of drug-likeness (QED) is 0.276. The van der Waals surface area contributed by atoms with E-state index in [9.17, 15) is 29.7 Å². The summed E-state index contributed by atoms with van der Waals surface area (Å²) in [4.78, 5) is 34.9. The normalized spacial score (nSPS) is 24.7. The molecule has 0 aromatic heterocycles. The summed E-state index contributed by atoms with van der Waals surface area (Å²) in [5.41, 5.74) is 0. The second kappa shape index (κ2) is 10.1. The molecule has 10 heteroatoms. The van der Waals surface area contributed by atoms with Gasteiger partial charge in [0, 0.05) is 13.3 Å². The number of nitrogens with one attached hydrogen (secondary N) is 2. The highest BCUT2D eigenvalue weighted by atomic mass is 16.5. The molecular formula is C16H26N2O8. The van der Waals surface area contributed by atoms with Crippen molar-refractivity contribution in [2.45, 2.75) is 63.5 Å². The molecular weight excluding hydrogens is 348 g/mol. The van der Waals surface area contributed by atoms with Gasteiger partial charge in [-0.2, -0.15) is 0 Å². The van der Waals surface area contributed by atoms with E-state index in [1.165, 1.54) is 6.92 Å². The first-order valence-electron chi connectivity index (χ1n) is 8.36. The number of ether oxygens (including phenoxy) is 1. The molecule has 6 N–H and O–H groups in total. The number of rotatable bonds is 9. The van der Waals surface area contributed by atoms with E-state index >= 15 is 0 Å². The van der Waals surface area contributed by atoms with Crippen molar-refractivity contribution in [2.24, 2.45) is 0 Å². The third kappa shape index (κ3) is 5.97. The van der Waals surface area contributed by atoms with Gasteiger partial charge in [-0.25, -0.2) is 4.79 Å². The zero-order valence-corrected chi connectivity index (χ0v) is 14.7. The fraction of sp³-hybridized carbons (Fsp3) is 0.688. The van der Waals surface area contributed by atoms with Crippen molar-refractivity contribution >= 4 is 17.8 Å². The number of unbranched alkanes of at least 4 members (excludes halogenated alkanes) is 1. The number of hydrogen-bond donors (Lipinski definition) is 6. The molecule has 5 atom stereocenters. The van der Waals surface area contributed by atoms with Gasteiger partial charge in [0.2, 0.25) is 17.6 Å². The molecule has 2 unspecified atom stereocenters. The lowest BCUT2D eigenvalue weighted by Crippen LogP contribution is -2.63. The second-order valence-corrected chi connectivity index (χ2v) is 6.08. The van der Waals surface area contributed by atoms with Crippen molar-refractivity contribution in [2.75, 3.05) is 6.61 Å². The second-order valence-electron chi connectivity index (χ2n) is 6.08. The van der Waals surface area contributed by atoms with Gasteiger partial charge in [-0.3, -0.25) is 9.59 Å². The molecule has 26 heavy (non-hydrogen) atoms. The molecule has 0 saturated carbocycles. The van der Waals surface area contributed by atoms with Crippen LogP contribution in [0.3, 0.4) is 0 Å². The van der Waals surface area contributed by atoms with Gasteiger partial charge in [0.15, 0.2) is 0 Å². The van der Waals surface area contributed by atoms with Crippen LogP contribution >= 0.6 is 0 Å². The molecule has 1 aliphatic heterocycles. The number of carboxylic acids is 1. The van der Waals surface area contributed by atoms with Gasteiger partial charge < -0.3 is 35.8 Å². The molecule has 0 saturated heterocycles. The molecule has 0 fully saturated rings. The fourth-order valence-corrected chi connectivity index (χ4v) is 2.59. The smallest absolute Gasteiger partial charge is 0.370 e. The van der Waals surface area contributed by atoms with Crippen molar-refractivity contribution < 1.29 is 39.5 Å². The SMILES string of the molecule is CCCCC(=O)N[C@H]1C=C(C(=O)O)O[C@@H](C(O)C(O)CO)[C@@H]1NC(C)=O. The van der Waals surface area contributed by atoms with Crippen LogP contribution in [-0.4, -0.2) is 75.2 Å². The highest BCUT2D eigenvalue weighted by Crippen LogP contribution is 2.23. The molecule has 0 aromatic rings. The average Bonchev–Trinajstić information content (AvgIpc) is 2.59. The first kappa shape index (κ1) is 21.9. The number of aliphatic hydroxyl groups is 3. The molecule has 0 aromatic carbocycles. The van der Waals surface area contributed by atoms with Crippen LogP contribution in [0, 0.1) is 0 Å². The van der Waals surface area contributed by atoms with E-state index in [0.717, 1.165) is 12.5 Å². The van der Waals surface area contributed by atoms with Crippen LogP contribution in [0.25, 0.3) is 0 Å². The Hall–Kier alpha value is -2.17. The first-order valence-corrected chi connectivity index (χ1v) is 8.36. The minimum absolute atomic E-state index is 0.212. The third-order valence-electron chi connectivity index (χ3n) is 3.92. The van der Waals surface area contributed by atoms with E-state index in [1.807, 2.05) is 6.92 Å². The summed E-state index contributed by atoms with van der Waals surface area (Å²) >= 11 is 0. The number of aliphatic hydroxyl groups excluding tert-OH is 3. The minimum atomic E-state index is -1.70. The zero-order chi connectivity index (χ0) is 19.9. The first-order chi connectivity index (χ1) is 12.2. The van der Waals surface area contributed by atoms with Crippen molar-refractivity contribution in [1.82, 2.24) is 10.6 Å². The van der Waals surface area contributed by atoms with E-state index in [0.29, 0.717) is 6.42 Å². The molecule has 0 radical (unpaired) electrons. The van der Waals surface area contributed by atoms with Crippen molar-refractivity contribution in [3.63, 3.8) is 0 Å². The van der Waals surface area contributed by atoms with E-state index in [4.69, 9.17) is 9.84 Å². The predicted molar refractivity (Wildman–Crippen MR) is 88.8 cm³/mol. The Balaban J connectivity index is 3.16. The van der Waals surface area contributed by atoms with Crippen LogP contribution in [0.2, 0.25) is 0 Å². The van der Waals surface area contributed by atoms with Crippen molar-refractivity contribution in [3.05, 3.63) is 11.8 Å². The topological polar surface area (TPSA) is 165 Å². The molecule has 0 bridgehead atoms. The maximum Gasteiger partial charge on any atom is 0.370 e. The standard InChI is InChI=1S/C16H26N2O8/c1-3-4-5-12(22)18-9-6-11(16(24)25)26-15(13(9)17-8(2)20)14(23)10(21)7-19/h6,9-10,13-15,19,21,23H,3-5,7H2,1-2H3,(H,17,20)(H,18,22)(H,24,25)/t9-,10?,13+,14?,15+/m0/s1. The summed E-state index contributed by atoms with van der Waals surface area (Å²) in [5, 5.41) is 43.2. The average molecular weight is 374 g/mol. The van der Waals surface area contributed by atoms with E-state index in [-0.39, 0.29) is 12.3 Å². The molecule has 0 aliphatic carbocycles. The van der Waals surface area contributed by atoms with Gasteiger partial charge in [0.1, 0.15) is 18.3 Å². The molecule has 1 heterocycles. The lowest BCUT2D eigenvalue weighted by molar-refractivity contribution is -0.147. The Kier molecular flexibility index (Phi) is 8.49. The number of carbonyl (C=O) groups excluding carboxylic acids is 2. The van der Waals surface area contributed by atoms with Gasteiger partial charge in [0.25, 0.3) is 0 Å². The maximum atomic E-state index is 12.1. The van der Waals surface area contributed by atoms with Crippen LogP contribution in [0.5, 0.6) is 0 Å². The Morgan fingerprint density at radius 1 is 1.27 bits per heavy atom. The van der Waals surface area contributed by atoms with E-state index in [2.05, 4.69) is 10.6 Å². The minimum Gasteiger partial charge on any atom is -0.478 e. The van der Waals surface area contributed by atoms with Gasteiger partial charge in [0.05, 0.1) is 18.7 Å². The fourth-order valence-electron chi connectivity index (χ4n) is 2.59. The Labute approximate surface area is 150 Å². The van der Waals surface area contributed by atoms with Gasteiger partial charge in [-0.15, -0.1) is 0 Å². The molecule has 1 aliphatic rings. The maximum absolute atomic E-state index is 12.1. The Bertz CT molecular complexity index is 550.